The van der Waals surface area contributed by atoms with Crippen molar-refractivity contribution in [2.24, 2.45) is 0 Å². The molecule has 0 fully saturated rings. The minimum atomic E-state index is -0.179. The van der Waals surface area contributed by atoms with E-state index in [9.17, 15) is 4.79 Å². The van der Waals surface area contributed by atoms with Crippen LogP contribution < -0.4 is 5.32 Å². The van der Waals surface area contributed by atoms with Crippen LogP contribution in [0.25, 0.3) is 11.3 Å². The molecule has 23 heavy (non-hydrogen) atoms. The maximum absolute atomic E-state index is 12.3. The van der Waals surface area contributed by atoms with Gasteiger partial charge >= 0.3 is 0 Å². The van der Waals surface area contributed by atoms with Gasteiger partial charge in [-0.2, -0.15) is 0 Å². The summed E-state index contributed by atoms with van der Waals surface area (Å²) in [5.74, 6) is -0.179. The molecule has 1 aromatic heterocycles. The second kappa shape index (κ2) is 6.71. The van der Waals surface area contributed by atoms with E-state index >= 15 is 0 Å². The molecule has 0 bridgehead atoms. The highest BCUT2D eigenvalue weighted by atomic mass is 35.5. The lowest BCUT2D eigenvalue weighted by molar-refractivity contribution is 0.102. The number of aromatic nitrogens is 1. The molecule has 0 saturated carbocycles. The quantitative estimate of drug-likeness (QED) is 0.651. The molecule has 0 unspecified atom stereocenters. The SMILES string of the molecule is Cc1ccccc1C(=O)Nc1nc(-c2cc(Cl)ccc2Cl)cs1. The first-order valence-electron chi connectivity index (χ1n) is 6.82. The number of nitrogens with one attached hydrogen (secondary N) is 1. The summed E-state index contributed by atoms with van der Waals surface area (Å²) in [4.78, 5) is 16.7. The number of halogens is 2. The number of carbonyl (C=O) groups is 1. The molecule has 2 aromatic carbocycles. The molecule has 1 heterocycles. The summed E-state index contributed by atoms with van der Waals surface area (Å²) in [5.41, 5.74) is 2.97. The number of benzene rings is 2. The minimum Gasteiger partial charge on any atom is -0.298 e. The number of thiazole rings is 1. The third-order valence-electron chi connectivity index (χ3n) is 3.32. The largest absolute Gasteiger partial charge is 0.298 e. The molecular weight excluding hydrogens is 351 g/mol. The third-order valence-corrected chi connectivity index (χ3v) is 4.64. The van der Waals surface area contributed by atoms with Crippen molar-refractivity contribution in [1.29, 1.82) is 0 Å². The van der Waals surface area contributed by atoms with Crippen LogP contribution in [0.1, 0.15) is 15.9 Å². The predicted molar refractivity (Wildman–Crippen MR) is 96.7 cm³/mol. The van der Waals surface area contributed by atoms with E-state index in [4.69, 9.17) is 23.2 Å². The van der Waals surface area contributed by atoms with Crippen LogP contribution in [0.2, 0.25) is 10.0 Å². The summed E-state index contributed by atoms with van der Waals surface area (Å²) in [6.45, 7) is 1.90. The molecule has 0 aliphatic carbocycles. The zero-order valence-corrected chi connectivity index (χ0v) is 14.5. The number of amides is 1. The van der Waals surface area contributed by atoms with Gasteiger partial charge in [-0.3, -0.25) is 10.1 Å². The molecule has 116 valence electrons. The number of aryl methyl sites for hydroxylation is 1. The Hall–Kier alpha value is -1.88. The van der Waals surface area contributed by atoms with Crippen LogP contribution in [0, 0.1) is 6.92 Å². The van der Waals surface area contributed by atoms with E-state index in [2.05, 4.69) is 10.3 Å². The van der Waals surface area contributed by atoms with Gasteiger partial charge in [0.1, 0.15) is 0 Å². The molecule has 6 heteroatoms. The second-order valence-corrected chi connectivity index (χ2v) is 6.63. The van der Waals surface area contributed by atoms with E-state index in [-0.39, 0.29) is 5.91 Å². The van der Waals surface area contributed by atoms with Crippen LogP contribution in [0.15, 0.2) is 47.8 Å². The summed E-state index contributed by atoms with van der Waals surface area (Å²) in [5, 5.41) is 6.32. The van der Waals surface area contributed by atoms with Crippen molar-refractivity contribution >= 4 is 45.6 Å². The summed E-state index contributed by atoms with van der Waals surface area (Å²) in [7, 11) is 0. The molecule has 1 N–H and O–H groups in total. The van der Waals surface area contributed by atoms with E-state index in [1.165, 1.54) is 11.3 Å². The lowest BCUT2D eigenvalue weighted by Gasteiger charge is -2.04. The Balaban J connectivity index is 1.84. The van der Waals surface area contributed by atoms with Gasteiger partial charge in [0.2, 0.25) is 0 Å². The zero-order chi connectivity index (χ0) is 16.4. The third kappa shape index (κ3) is 3.55. The zero-order valence-electron chi connectivity index (χ0n) is 12.1. The molecule has 0 saturated heterocycles. The highest BCUT2D eigenvalue weighted by Gasteiger charge is 2.13. The summed E-state index contributed by atoms with van der Waals surface area (Å²) in [6, 6.07) is 12.6. The van der Waals surface area contributed by atoms with Gasteiger partial charge in [-0.25, -0.2) is 4.98 Å². The fourth-order valence-corrected chi connectivity index (χ4v) is 3.23. The molecule has 0 aliphatic heterocycles. The number of anilines is 1. The monoisotopic (exact) mass is 362 g/mol. The molecule has 3 rings (SSSR count). The summed E-state index contributed by atoms with van der Waals surface area (Å²) >= 11 is 13.5. The first-order chi connectivity index (χ1) is 11.0. The maximum atomic E-state index is 12.3. The molecule has 1 amide bonds. The van der Waals surface area contributed by atoms with Crippen molar-refractivity contribution in [2.75, 3.05) is 5.32 Å². The maximum Gasteiger partial charge on any atom is 0.257 e. The smallest absolute Gasteiger partial charge is 0.257 e. The number of carbonyl (C=O) groups excluding carboxylic acids is 1. The lowest BCUT2D eigenvalue weighted by atomic mass is 10.1. The Morgan fingerprint density at radius 3 is 2.74 bits per heavy atom. The normalized spacial score (nSPS) is 10.6. The van der Waals surface area contributed by atoms with Crippen LogP contribution in [-0.2, 0) is 0 Å². The van der Waals surface area contributed by atoms with Crippen LogP contribution in [0.3, 0.4) is 0 Å². The Kier molecular flexibility index (Phi) is 4.66. The van der Waals surface area contributed by atoms with Gasteiger partial charge in [0.05, 0.1) is 10.7 Å². The van der Waals surface area contributed by atoms with Gasteiger partial charge in [0, 0.05) is 21.5 Å². The van der Waals surface area contributed by atoms with Crippen molar-refractivity contribution in [3.05, 3.63) is 69.0 Å². The highest BCUT2D eigenvalue weighted by Crippen LogP contribution is 2.32. The van der Waals surface area contributed by atoms with Crippen LogP contribution >= 0.6 is 34.5 Å². The molecular formula is C17H12Cl2N2OS. The fraction of sp³-hybridized carbons (Fsp3) is 0.0588. The van der Waals surface area contributed by atoms with Gasteiger partial charge < -0.3 is 0 Å². The summed E-state index contributed by atoms with van der Waals surface area (Å²) in [6.07, 6.45) is 0. The van der Waals surface area contributed by atoms with E-state index < -0.39 is 0 Å². The highest BCUT2D eigenvalue weighted by molar-refractivity contribution is 7.14. The minimum absolute atomic E-state index is 0.179. The molecule has 0 radical (unpaired) electrons. The Morgan fingerprint density at radius 1 is 1.17 bits per heavy atom. The molecule has 0 spiro atoms. The average Bonchev–Trinajstić information content (AvgIpc) is 2.98. The molecule has 3 nitrogen and oxygen atoms in total. The van der Waals surface area contributed by atoms with E-state index in [0.717, 1.165) is 11.1 Å². The number of hydrogen-bond donors (Lipinski definition) is 1. The van der Waals surface area contributed by atoms with Crippen molar-refractivity contribution < 1.29 is 4.79 Å². The Morgan fingerprint density at radius 2 is 1.96 bits per heavy atom. The Bertz CT molecular complexity index is 877. The second-order valence-electron chi connectivity index (χ2n) is 4.93. The summed E-state index contributed by atoms with van der Waals surface area (Å²) < 4.78 is 0. The first-order valence-corrected chi connectivity index (χ1v) is 8.46. The lowest BCUT2D eigenvalue weighted by Crippen LogP contribution is -2.12. The first kappa shape index (κ1) is 16.0. The molecule has 0 aliphatic rings. The van der Waals surface area contributed by atoms with Gasteiger partial charge in [0.15, 0.2) is 5.13 Å². The van der Waals surface area contributed by atoms with Gasteiger partial charge in [-0.05, 0) is 36.8 Å². The number of rotatable bonds is 3. The number of nitrogens with zero attached hydrogens (tertiary/aromatic N) is 1. The fourth-order valence-electron chi connectivity index (χ4n) is 2.14. The van der Waals surface area contributed by atoms with Gasteiger partial charge in [-0.1, -0.05) is 41.4 Å². The van der Waals surface area contributed by atoms with E-state index in [0.29, 0.717) is 26.4 Å². The van der Waals surface area contributed by atoms with Gasteiger partial charge in [0.25, 0.3) is 5.91 Å². The van der Waals surface area contributed by atoms with Crippen molar-refractivity contribution in [1.82, 2.24) is 4.98 Å². The topological polar surface area (TPSA) is 42.0 Å². The predicted octanol–water partition coefficient (Wildman–Crippen LogP) is 5.68. The number of hydrogen-bond acceptors (Lipinski definition) is 3. The van der Waals surface area contributed by atoms with Crippen molar-refractivity contribution in [3.63, 3.8) is 0 Å². The average molecular weight is 363 g/mol. The van der Waals surface area contributed by atoms with Crippen LogP contribution in [0.5, 0.6) is 0 Å². The van der Waals surface area contributed by atoms with E-state index in [1.807, 2.05) is 30.5 Å². The van der Waals surface area contributed by atoms with Crippen molar-refractivity contribution in [3.8, 4) is 11.3 Å². The van der Waals surface area contributed by atoms with Gasteiger partial charge in [-0.15, -0.1) is 11.3 Å². The molecule has 3 aromatic rings. The standard InChI is InChI=1S/C17H12Cl2N2OS/c1-10-4-2-3-5-12(10)16(22)21-17-20-15(9-23-17)13-8-11(18)6-7-14(13)19/h2-9H,1H3,(H,20,21,22). The van der Waals surface area contributed by atoms with Crippen molar-refractivity contribution in [2.45, 2.75) is 6.92 Å². The molecule has 0 atom stereocenters. The van der Waals surface area contributed by atoms with E-state index in [1.54, 1.807) is 24.3 Å². The van der Waals surface area contributed by atoms with Crippen LogP contribution in [-0.4, -0.2) is 10.9 Å². The van der Waals surface area contributed by atoms with Crippen LogP contribution in [0.4, 0.5) is 5.13 Å². The Labute approximate surface area is 147 Å².